The molecule has 3 heterocycles. The van der Waals surface area contributed by atoms with Crippen molar-refractivity contribution in [2.45, 2.75) is 22.6 Å². The quantitative estimate of drug-likeness (QED) is 0.562. The third kappa shape index (κ3) is 2.11. The fraction of sp³-hybridized carbons (Fsp3) is 0.455. The molecule has 2 aromatic heterocycles. The number of ether oxygens (including phenoxy) is 1. The third-order valence-corrected chi connectivity index (χ3v) is 4.28. The molecule has 0 aliphatic carbocycles. The molecule has 0 amide bonds. The number of hydrogen-bond donors (Lipinski definition) is 4. The Balaban J connectivity index is 2.13. The fourth-order valence-electron chi connectivity index (χ4n) is 2.41. The highest BCUT2D eigenvalue weighted by molar-refractivity contribution is 6.49. The molecule has 0 aromatic carbocycles. The lowest BCUT2D eigenvalue weighted by molar-refractivity contribution is -0.0239. The minimum Gasteiger partial charge on any atom is -0.394 e. The molecule has 0 bridgehead atoms. The molecule has 0 radical (unpaired) electrons. The van der Waals surface area contributed by atoms with Crippen LogP contribution >= 0.6 is 23.2 Å². The average Bonchev–Trinajstić information content (AvgIpc) is 2.91. The minimum atomic E-state index is -1.64. The molecule has 21 heavy (non-hydrogen) atoms. The van der Waals surface area contributed by atoms with E-state index in [0.717, 1.165) is 0 Å². The van der Waals surface area contributed by atoms with Gasteiger partial charge in [-0.05, 0) is 12.1 Å². The molecule has 3 rings (SSSR count). The van der Waals surface area contributed by atoms with Crippen LogP contribution in [0.5, 0.6) is 0 Å². The standard InChI is InChI=1S/C11H13Cl2N5O3/c12-11(13)7(20)6(3-19)21-8(11)4-1-2-5-9(14)16-10(15)17-18(4)5/h1-2,6-8,19-20H,3H2,(H4,14,15,16,17)/t6-,7+,8+/m1/s1. The molecular weight excluding hydrogens is 321 g/mol. The van der Waals surface area contributed by atoms with Crippen LogP contribution in [0.4, 0.5) is 11.8 Å². The van der Waals surface area contributed by atoms with Crippen LogP contribution in [-0.4, -0.2) is 48.0 Å². The Morgan fingerprint density at radius 3 is 2.71 bits per heavy atom. The number of rotatable bonds is 2. The summed E-state index contributed by atoms with van der Waals surface area (Å²) >= 11 is 12.4. The first-order valence-electron chi connectivity index (χ1n) is 6.09. The Morgan fingerprint density at radius 2 is 2.10 bits per heavy atom. The van der Waals surface area contributed by atoms with E-state index in [4.69, 9.17) is 39.4 Å². The zero-order valence-corrected chi connectivity index (χ0v) is 12.2. The second kappa shape index (κ2) is 4.85. The largest absolute Gasteiger partial charge is 0.394 e. The molecule has 0 unspecified atom stereocenters. The van der Waals surface area contributed by atoms with E-state index in [0.29, 0.717) is 11.2 Å². The Bertz CT molecular complexity index is 692. The van der Waals surface area contributed by atoms with Gasteiger partial charge in [0.2, 0.25) is 5.95 Å². The van der Waals surface area contributed by atoms with Crippen LogP contribution < -0.4 is 11.5 Å². The lowest BCUT2D eigenvalue weighted by atomic mass is 10.1. The van der Waals surface area contributed by atoms with Crippen molar-refractivity contribution in [3.63, 3.8) is 0 Å². The SMILES string of the molecule is Nc1nc(N)c2ccc([C@@H]3O[C@H](CO)[C@H](O)C3(Cl)Cl)n2n1. The maximum absolute atomic E-state index is 10.0. The number of aromatic nitrogens is 3. The van der Waals surface area contributed by atoms with E-state index < -0.39 is 29.3 Å². The molecule has 8 nitrogen and oxygen atoms in total. The van der Waals surface area contributed by atoms with Crippen molar-refractivity contribution >= 4 is 40.5 Å². The number of halogens is 2. The van der Waals surface area contributed by atoms with Crippen LogP contribution in [0.3, 0.4) is 0 Å². The zero-order valence-electron chi connectivity index (χ0n) is 10.6. The average molecular weight is 334 g/mol. The number of alkyl halides is 2. The van der Waals surface area contributed by atoms with Gasteiger partial charge in [-0.3, -0.25) is 0 Å². The lowest BCUT2D eigenvalue weighted by Crippen LogP contribution is -2.36. The highest BCUT2D eigenvalue weighted by Gasteiger charge is 2.55. The molecular formula is C11H13Cl2N5O3. The van der Waals surface area contributed by atoms with E-state index >= 15 is 0 Å². The number of aliphatic hydroxyl groups excluding tert-OH is 2. The summed E-state index contributed by atoms with van der Waals surface area (Å²) in [5, 5.41) is 23.3. The van der Waals surface area contributed by atoms with Crippen molar-refractivity contribution in [2.75, 3.05) is 18.1 Å². The van der Waals surface area contributed by atoms with Crippen molar-refractivity contribution in [2.24, 2.45) is 0 Å². The molecule has 2 aromatic rings. The van der Waals surface area contributed by atoms with Gasteiger partial charge in [0.25, 0.3) is 0 Å². The van der Waals surface area contributed by atoms with Crippen molar-refractivity contribution in [3.05, 3.63) is 17.8 Å². The molecule has 0 saturated carbocycles. The molecule has 1 aliphatic heterocycles. The Kier molecular flexibility index (Phi) is 3.38. The predicted octanol–water partition coefficient (Wildman–Crippen LogP) is -0.139. The van der Waals surface area contributed by atoms with E-state index in [2.05, 4.69) is 10.1 Å². The third-order valence-electron chi connectivity index (χ3n) is 3.44. The maximum atomic E-state index is 10.0. The summed E-state index contributed by atoms with van der Waals surface area (Å²) in [6, 6.07) is 3.31. The van der Waals surface area contributed by atoms with E-state index in [9.17, 15) is 10.2 Å². The summed E-state index contributed by atoms with van der Waals surface area (Å²) in [5.41, 5.74) is 12.3. The monoisotopic (exact) mass is 333 g/mol. The first kappa shape index (κ1) is 14.6. The van der Waals surface area contributed by atoms with Gasteiger partial charge in [-0.2, -0.15) is 4.98 Å². The van der Waals surface area contributed by atoms with Gasteiger partial charge >= 0.3 is 0 Å². The van der Waals surface area contributed by atoms with E-state index in [1.165, 1.54) is 4.52 Å². The molecule has 6 N–H and O–H groups in total. The predicted molar refractivity (Wildman–Crippen MR) is 77.0 cm³/mol. The number of nitrogens with zero attached hydrogens (tertiary/aromatic N) is 3. The van der Waals surface area contributed by atoms with Crippen LogP contribution in [0.25, 0.3) is 5.52 Å². The molecule has 10 heteroatoms. The van der Waals surface area contributed by atoms with Gasteiger partial charge in [-0.15, -0.1) is 5.10 Å². The Labute approximate surface area is 129 Å². The highest BCUT2D eigenvalue weighted by Crippen LogP contribution is 2.49. The maximum Gasteiger partial charge on any atom is 0.240 e. The van der Waals surface area contributed by atoms with Gasteiger partial charge in [0, 0.05) is 0 Å². The highest BCUT2D eigenvalue weighted by atomic mass is 35.5. The van der Waals surface area contributed by atoms with Crippen LogP contribution in [0, 0.1) is 0 Å². The van der Waals surface area contributed by atoms with E-state index in [-0.39, 0.29) is 11.8 Å². The van der Waals surface area contributed by atoms with Crippen molar-refractivity contribution in [1.82, 2.24) is 14.6 Å². The smallest absolute Gasteiger partial charge is 0.240 e. The van der Waals surface area contributed by atoms with Crippen LogP contribution in [0.15, 0.2) is 12.1 Å². The Hall–Kier alpha value is -1.32. The molecule has 1 aliphatic rings. The summed E-state index contributed by atoms with van der Waals surface area (Å²) in [7, 11) is 0. The summed E-state index contributed by atoms with van der Waals surface area (Å²) in [6.07, 6.45) is -3.06. The zero-order chi connectivity index (χ0) is 15.4. The van der Waals surface area contributed by atoms with Gasteiger partial charge in [0.15, 0.2) is 10.2 Å². The number of nitrogens with two attached hydrogens (primary N) is 2. The second-order valence-electron chi connectivity index (χ2n) is 4.77. The lowest BCUT2D eigenvalue weighted by Gasteiger charge is -2.22. The van der Waals surface area contributed by atoms with E-state index in [1.807, 2.05) is 0 Å². The number of aliphatic hydroxyl groups is 2. The number of nitrogen functional groups attached to an aromatic ring is 2. The van der Waals surface area contributed by atoms with Gasteiger partial charge < -0.3 is 26.4 Å². The normalized spacial score (nSPS) is 28.3. The molecule has 0 spiro atoms. The molecule has 3 atom stereocenters. The van der Waals surface area contributed by atoms with Gasteiger partial charge in [0.1, 0.15) is 23.8 Å². The van der Waals surface area contributed by atoms with Crippen molar-refractivity contribution < 1.29 is 14.9 Å². The van der Waals surface area contributed by atoms with Gasteiger partial charge in [0.05, 0.1) is 12.3 Å². The fourth-order valence-corrected chi connectivity index (χ4v) is 3.01. The molecule has 114 valence electrons. The number of anilines is 2. The molecule has 1 fully saturated rings. The summed E-state index contributed by atoms with van der Waals surface area (Å²) < 4.78 is 5.31. The summed E-state index contributed by atoms with van der Waals surface area (Å²) in [5.74, 6) is 0.171. The topological polar surface area (TPSA) is 132 Å². The second-order valence-corrected chi connectivity index (χ2v) is 6.21. The first-order chi connectivity index (χ1) is 9.86. The van der Waals surface area contributed by atoms with Crippen LogP contribution in [0.1, 0.15) is 11.8 Å². The summed E-state index contributed by atoms with van der Waals surface area (Å²) in [4.78, 5) is 3.85. The first-order valence-corrected chi connectivity index (χ1v) is 6.84. The minimum absolute atomic E-state index is 0.0237. The molecule has 1 saturated heterocycles. The van der Waals surface area contributed by atoms with Crippen molar-refractivity contribution in [3.8, 4) is 0 Å². The van der Waals surface area contributed by atoms with Gasteiger partial charge in [-0.25, -0.2) is 4.52 Å². The van der Waals surface area contributed by atoms with Crippen molar-refractivity contribution in [1.29, 1.82) is 0 Å². The van der Waals surface area contributed by atoms with E-state index in [1.54, 1.807) is 12.1 Å². The number of hydrogen-bond acceptors (Lipinski definition) is 7. The van der Waals surface area contributed by atoms with Crippen LogP contribution in [-0.2, 0) is 4.74 Å². The summed E-state index contributed by atoms with van der Waals surface area (Å²) in [6.45, 7) is -0.415. The number of fused-ring (bicyclic) bond motifs is 1. The van der Waals surface area contributed by atoms with Crippen LogP contribution in [0.2, 0.25) is 0 Å². The Morgan fingerprint density at radius 1 is 1.38 bits per heavy atom. The van der Waals surface area contributed by atoms with Gasteiger partial charge in [-0.1, -0.05) is 23.2 Å².